The highest BCUT2D eigenvalue weighted by atomic mass is 79.9. The van der Waals surface area contributed by atoms with E-state index in [4.69, 9.17) is 11.6 Å². The zero-order valence-electron chi connectivity index (χ0n) is 9.21. The average Bonchev–Trinajstić information content (AvgIpc) is 2.33. The smallest absolute Gasteiger partial charge is 0.124 e. The first-order valence-corrected chi connectivity index (χ1v) is 6.61. The van der Waals surface area contributed by atoms with Crippen LogP contribution in [0, 0.1) is 0 Å². The van der Waals surface area contributed by atoms with Crippen molar-refractivity contribution in [3.63, 3.8) is 0 Å². The highest BCUT2D eigenvalue weighted by molar-refractivity contribution is 9.10. The Labute approximate surface area is 109 Å². The van der Waals surface area contributed by atoms with Crippen molar-refractivity contribution in [2.24, 2.45) is 0 Å². The Hall–Kier alpha value is -0.320. The maximum absolute atomic E-state index is 6.05. The summed E-state index contributed by atoms with van der Waals surface area (Å²) in [6.07, 6.45) is 4.32. The summed E-state index contributed by atoms with van der Waals surface area (Å²) in [6, 6.07) is 2.53. The lowest BCUT2D eigenvalue weighted by molar-refractivity contribution is 0.449. The zero-order chi connectivity index (χ0) is 11.5. The van der Waals surface area contributed by atoms with Gasteiger partial charge in [0.1, 0.15) is 4.60 Å². The van der Waals surface area contributed by atoms with E-state index in [0.717, 1.165) is 18.8 Å². The predicted molar refractivity (Wildman–Crippen MR) is 71.2 cm³/mol. The van der Waals surface area contributed by atoms with E-state index < -0.39 is 0 Å². The molecule has 2 heterocycles. The molecule has 0 spiro atoms. The van der Waals surface area contributed by atoms with Crippen molar-refractivity contribution >= 4 is 33.2 Å². The highest BCUT2D eigenvalue weighted by Gasteiger charge is 2.19. The maximum atomic E-state index is 6.05. The fraction of sp³-hybridized carbons (Fsp3) is 0.545. The summed E-state index contributed by atoms with van der Waals surface area (Å²) in [5.41, 5.74) is 1.10. The molecule has 2 rings (SSSR count). The molecule has 0 bridgehead atoms. The molecule has 1 unspecified atom stereocenters. The monoisotopic (exact) mass is 303 g/mol. The molecule has 1 fully saturated rings. The standard InChI is InChI=1S/C11H15BrClN3/c1-14-8-3-2-4-16(7-8)9-5-10(13)11(12)15-6-9/h5-6,8,14H,2-4,7H2,1H3. The summed E-state index contributed by atoms with van der Waals surface area (Å²) >= 11 is 9.36. The first-order valence-electron chi connectivity index (χ1n) is 5.44. The van der Waals surface area contributed by atoms with Crippen molar-refractivity contribution in [3.05, 3.63) is 21.9 Å². The lowest BCUT2D eigenvalue weighted by Crippen LogP contribution is -2.44. The quantitative estimate of drug-likeness (QED) is 0.852. The van der Waals surface area contributed by atoms with E-state index in [0.29, 0.717) is 15.7 Å². The normalized spacial score (nSPS) is 21.2. The Balaban J connectivity index is 2.13. The number of likely N-dealkylation sites (N-methyl/N-ethyl adjacent to an activating group) is 1. The number of piperidine rings is 1. The van der Waals surface area contributed by atoms with Crippen LogP contribution in [0.15, 0.2) is 16.9 Å². The largest absolute Gasteiger partial charge is 0.369 e. The number of halogens is 2. The van der Waals surface area contributed by atoms with Gasteiger partial charge in [0.25, 0.3) is 0 Å². The first-order chi connectivity index (χ1) is 7.70. The molecule has 5 heteroatoms. The first kappa shape index (κ1) is 12.1. The van der Waals surface area contributed by atoms with Crippen molar-refractivity contribution in [1.82, 2.24) is 10.3 Å². The minimum absolute atomic E-state index is 0.566. The van der Waals surface area contributed by atoms with Crippen LogP contribution in [0.2, 0.25) is 5.02 Å². The maximum Gasteiger partial charge on any atom is 0.124 e. The SMILES string of the molecule is CNC1CCCN(c2cnc(Br)c(Cl)c2)C1. The van der Waals surface area contributed by atoms with Crippen LogP contribution < -0.4 is 10.2 Å². The number of anilines is 1. The predicted octanol–water partition coefficient (Wildman–Crippen LogP) is 2.69. The summed E-state index contributed by atoms with van der Waals surface area (Å²) in [4.78, 5) is 6.56. The van der Waals surface area contributed by atoms with E-state index in [1.165, 1.54) is 12.8 Å². The van der Waals surface area contributed by atoms with Crippen LogP contribution in [0.25, 0.3) is 0 Å². The van der Waals surface area contributed by atoms with Crippen molar-refractivity contribution in [2.75, 3.05) is 25.0 Å². The second kappa shape index (κ2) is 5.34. The number of pyridine rings is 1. The molecule has 1 saturated heterocycles. The molecule has 0 amide bonds. The van der Waals surface area contributed by atoms with Crippen molar-refractivity contribution in [3.8, 4) is 0 Å². The molecule has 0 radical (unpaired) electrons. The third kappa shape index (κ3) is 2.67. The molecule has 1 aliphatic rings. The number of rotatable bonds is 2. The molecule has 1 N–H and O–H groups in total. The van der Waals surface area contributed by atoms with E-state index in [-0.39, 0.29) is 0 Å². The Morgan fingerprint density at radius 1 is 1.62 bits per heavy atom. The van der Waals surface area contributed by atoms with E-state index in [9.17, 15) is 0 Å². The molecule has 88 valence electrons. The zero-order valence-corrected chi connectivity index (χ0v) is 11.6. The lowest BCUT2D eigenvalue weighted by atomic mass is 10.1. The molecule has 16 heavy (non-hydrogen) atoms. The molecular formula is C11H15BrClN3. The fourth-order valence-corrected chi connectivity index (χ4v) is 2.41. The van der Waals surface area contributed by atoms with Gasteiger partial charge < -0.3 is 10.2 Å². The highest BCUT2D eigenvalue weighted by Crippen LogP contribution is 2.26. The molecule has 1 aromatic heterocycles. The van der Waals surface area contributed by atoms with Crippen LogP contribution in [0.4, 0.5) is 5.69 Å². The van der Waals surface area contributed by atoms with Gasteiger partial charge in [-0.3, -0.25) is 0 Å². The van der Waals surface area contributed by atoms with Crippen LogP contribution in [-0.4, -0.2) is 31.2 Å². The second-order valence-electron chi connectivity index (χ2n) is 4.04. The number of hydrogen-bond donors (Lipinski definition) is 1. The number of nitrogens with one attached hydrogen (secondary N) is 1. The van der Waals surface area contributed by atoms with Crippen LogP contribution in [-0.2, 0) is 0 Å². The molecule has 0 aliphatic carbocycles. The molecular weight excluding hydrogens is 289 g/mol. The molecule has 0 saturated carbocycles. The van der Waals surface area contributed by atoms with Gasteiger partial charge in [0.2, 0.25) is 0 Å². The van der Waals surface area contributed by atoms with Crippen LogP contribution >= 0.6 is 27.5 Å². The lowest BCUT2D eigenvalue weighted by Gasteiger charge is -2.34. The van der Waals surface area contributed by atoms with Crippen LogP contribution in [0.5, 0.6) is 0 Å². The van der Waals surface area contributed by atoms with Gasteiger partial charge >= 0.3 is 0 Å². The van der Waals surface area contributed by atoms with Gasteiger partial charge in [0, 0.05) is 19.1 Å². The number of hydrogen-bond acceptors (Lipinski definition) is 3. The molecule has 1 atom stereocenters. The fourth-order valence-electron chi connectivity index (χ4n) is 2.03. The van der Waals surface area contributed by atoms with Crippen molar-refractivity contribution in [2.45, 2.75) is 18.9 Å². The van der Waals surface area contributed by atoms with Crippen molar-refractivity contribution < 1.29 is 0 Å². The van der Waals surface area contributed by atoms with Gasteiger partial charge in [0.15, 0.2) is 0 Å². The summed E-state index contributed by atoms with van der Waals surface area (Å²) < 4.78 is 0.708. The summed E-state index contributed by atoms with van der Waals surface area (Å²) in [5.74, 6) is 0. The number of nitrogens with zero attached hydrogens (tertiary/aromatic N) is 2. The van der Waals surface area contributed by atoms with Gasteiger partial charge in [-0.25, -0.2) is 4.98 Å². The molecule has 0 aromatic carbocycles. The molecule has 1 aromatic rings. The minimum Gasteiger partial charge on any atom is -0.369 e. The van der Waals surface area contributed by atoms with Gasteiger partial charge in [-0.2, -0.15) is 0 Å². The van der Waals surface area contributed by atoms with Gasteiger partial charge in [-0.15, -0.1) is 0 Å². The van der Waals surface area contributed by atoms with Crippen LogP contribution in [0.1, 0.15) is 12.8 Å². The summed E-state index contributed by atoms with van der Waals surface area (Å²) in [6.45, 7) is 2.11. The summed E-state index contributed by atoms with van der Waals surface area (Å²) in [5, 5.41) is 4.00. The van der Waals surface area contributed by atoms with Crippen molar-refractivity contribution in [1.29, 1.82) is 0 Å². The van der Waals surface area contributed by atoms with E-state index in [1.54, 1.807) is 0 Å². The topological polar surface area (TPSA) is 28.2 Å². The Bertz CT molecular complexity index is 372. The van der Waals surface area contributed by atoms with E-state index >= 15 is 0 Å². The third-order valence-corrected chi connectivity index (χ3v) is 4.12. The molecule has 3 nitrogen and oxygen atoms in total. The average molecular weight is 305 g/mol. The molecule has 1 aliphatic heterocycles. The van der Waals surface area contributed by atoms with Gasteiger partial charge in [-0.05, 0) is 41.9 Å². The Kier molecular flexibility index (Phi) is 4.05. The third-order valence-electron chi connectivity index (χ3n) is 2.98. The minimum atomic E-state index is 0.566. The Morgan fingerprint density at radius 3 is 3.12 bits per heavy atom. The van der Waals surface area contributed by atoms with E-state index in [1.807, 2.05) is 19.3 Å². The second-order valence-corrected chi connectivity index (χ2v) is 5.20. The van der Waals surface area contributed by atoms with Gasteiger partial charge in [0.05, 0.1) is 16.9 Å². The summed E-state index contributed by atoms with van der Waals surface area (Å²) in [7, 11) is 2.01. The van der Waals surface area contributed by atoms with Gasteiger partial charge in [-0.1, -0.05) is 11.6 Å². The van der Waals surface area contributed by atoms with E-state index in [2.05, 4.69) is 31.1 Å². The Morgan fingerprint density at radius 2 is 2.44 bits per heavy atom. The van der Waals surface area contributed by atoms with Crippen LogP contribution in [0.3, 0.4) is 0 Å². The number of aromatic nitrogens is 1.